The smallest absolute Gasteiger partial charge is 0.251 e. The third kappa shape index (κ3) is 4.37. The summed E-state index contributed by atoms with van der Waals surface area (Å²) < 4.78 is 0. The van der Waals surface area contributed by atoms with Gasteiger partial charge in [-0.2, -0.15) is 0 Å². The molecule has 1 rings (SSSR count). The summed E-state index contributed by atoms with van der Waals surface area (Å²) in [5.74, 6) is -0.0477. The molecule has 0 aliphatic carbocycles. The van der Waals surface area contributed by atoms with Crippen LogP contribution in [0.2, 0.25) is 0 Å². The Hall–Kier alpha value is -1.55. The fourth-order valence-corrected chi connectivity index (χ4v) is 1.83. The van der Waals surface area contributed by atoms with Crippen molar-refractivity contribution in [2.45, 2.75) is 32.4 Å². The monoisotopic (exact) mass is 249 g/mol. The number of rotatable bonds is 5. The van der Waals surface area contributed by atoms with Crippen molar-refractivity contribution in [3.05, 3.63) is 29.8 Å². The zero-order valence-electron chi connectivity index (χ0n) is 11.6. The number of benzene rings is 1. The van der Waals surface area contributed by atoms with Gasteiger partial charge < -0.3 is 16.0 Å². The first kappa shape index (κ1) is 14.5. The van der Waals surface area contributed by atoms with Crippen LogP contribution in [0.25, 0.3) is 0 Å². The minimum Gasteiger partial charge on any atom is -0.378 e. The van der Waals surface area contributed by atoms with Crippen molar-refractivity contribution in [2.75, 3.05) is 19.0 Å². The quantitative estimate of drug-likeness (QED) is 0.833. The Bertz CT molecular complexity index is 385. The fraction of sp³-hybridized carbons (Fsp3) is 0.500. The summed E-state index contributed by atoms with van der Waals surface area (Å²) in [7, 11) is 3.94. The molecule has 0 aliphatic heterocycles. The van der Waals surface area contributed by atoms with Crippen LogP contribution in [0, 0.1) is 0 Å². The predicted octanol–water partition coefficient (Wildman–Crippen LogP) is 1.61. The molecule has 0 bridgehead atoms. The largest absolute Gasteiger partial charge is 0.378 e. The van der Waals surface area contributed by atoms with Crippen LogP contribution < -0.4 is 16.0 Å². The number of nitrogens with two attached hydrogens (primary N) is 1. The van der Waals surface area contributed by atoms with Crippen LogP contribution in [0.3, 0.4) is 0 Å². The number of carbonyl (C=O) groups is 1. The fourth-order valence-electron chi connectivity index (χ4n) is 1.83. The lowest BCUT2D eigenvalue weighted by atomic mass is 10.1. The molecule has 3 N–H and O–H groups in total. The highest BCUT2D eigenvalue weighted by molar-refractivity contribution is 5.94. The van der Waals surface area contributed by atoms with Gasteiger partial charge in [-0.1, -0.05) is 0 Å². The molecule has 0 aliphatic rings. The van der Waals surface area contributed by atoms with Gasteiger partial charge in [0.2, 0.25) is 0 Å². The van der Waals surface area contributed by atoms with Crippen molar-refractivity contribution in [3.63, 3.8) is 0 Å². The van der Waals surface area contributed by atoms with Gasteiger partial charge in [-0.05, 0) is 44.5 Å². The van der Waals surface area contributed by atoms with E-state index in [1.54, 1.807) is 0 Å². The van der Waals surface area contributed by atoms with E-state index in [0.717, 1.165) is 12.1 Å². The van der Waals surface area contributed by atoms with Gasteiger partial charge in [0.15, 0.2) is 0 Å². The van der Waals surface area contributed by atoms with Crippen molar-refractivity contribution in [1.29, 1.82) is 0 Å². The number of amides is 1. The standard InChI is InChI=1S/C14H23N3O/c1-10(15)9-11(2)16-14(18)12-5-7-13(8-6-12)17(3)4/h5-8,10-11H,9,15H2,1-4H3,(H,16,18). The van der Waals surface area contributed by atoms with Crippen LogP contribution in [-0.2, 0) is 0 Å². The number of anilines is 1. The molecule has 1 aromatic rings. The average Bonchev–Trinajstić information content (AvgIpc) is 2.27. The maximum atomic E-state index is 12.0. The number of nitrogens with zero attached hydrogens (tertiary/aromatic N) is 1. The lowest BCUT2D eigenvalue weighted by Crippen LogP contribution is -2.36. The van der Waals surface area contributed by atoms with E-state index in [4.69, 9.17) is 5.73 Å². The molecular formula is C14H23N3O. The summed E-state index contributed by atoms with van der Waals surface area (Å²) in [6, 6.07) is 7.73. The first-order valence-corrected chi connectivity index (χ1v) is 6.24. The molecule has 2 unspecified atom stereocenters. The molecule has 100 valence electrons. The molecule has 4 nitrogen and oxygen atoms in total. The maximum Gasteiger partial charge on any atom is 0.251 e. The van der Waals surface area contributed by atoms with E-state index in [-0.39, 0.29) is 18.0 Å². The summed E-state index contributed by atoms with van der Waals surface area (Å²) in [4.78, 5) is 14.0. The zero-order chi connectivity index (χ0) is 13.7. The molecule has 1 aromatic carbocycles. The van der Waals surface area contributed by atoms with Crippen LogP contribution in [-0.4, -0.2) is 32.1 Å². The van der Waals surface area contributed by atoms with E-state index in [9.17, 15) is 4.79 Å². The molecule has 0 saturated carbocycles. The molecule has 0 fully saturated rings. The van der Waals surface area contributed by atoms with Gasteiger partial charge in [0.25, 0.3) is 5.91 Å². The molecule has 0 radical (unpaired) electrons. The van der Waals surface area contributed by atoms with Gasteiger partial charge in [0, 0.05) is 37.4 Å². The molecule has 0 spiro atoms. The summed E-state index contributed by atoms with van der Waals surface area (Å²) in [6.45, 7) is 3.91. The number of hydrogen-bond donors (Lipinski definition) is 2. The Balaban J connectivity index is 2.61. The minimum atomic E-state index is -0.0477. The Morgan fingerprint density at radius 3 is 2.28 bits per heavy atom. The first-order chi connectivity index (χ1) is 8.40. The summed E-state index contributed by atoms with van der Waals surface area (Å²) in [5, 5.41) is 2.94. The van der Waals surface area contributed by atoms with Crippen molar-refractivity contribution >= 4 is 11.6 Å². The highest BCUT2D eigenvalue weighted by Gasteiger charge is 2.11. The second-order valence-corrected chi connectivity index (χ2v) is 5.03. The van der Waals surface area contributed by atoms with Gasteiger partial charge in [0.1, 0.15) is 0 Å². The Labute approximate surface area is 109 Å². The van der Waals surface area contributed by atoms with Crippen LogP contribution in [0.1, 0.15) is 30.6 Å². The normalized spacial score (nSPS) is 13.8. The topological polar surface area (TPSA) is 58.4 Å². The molecule has 4 heteroatoms. The summed E-state index contributed by atoms with van der Waals surface area (Å²) in [6.07, 6.45) is 0.779. The molecule has 0 heterocycles. The van der Waals surface area contributed by atoms with Crippen molar-refractivity contribution < 1.29 is 4.79 Å². The van der Waals surface area contributed by atoms with Crippen LogP contribution in [0.5, 0.6) is 0 Å². The molecular weight excluding hydrogens is 226 g/mol. The van der Waals surface area contributed by atoms with E-state index in [1.807, 2.05) is 57.1 Å². The van der Waals surface area contributed by atoms with Crippen LogP contribution in [0.15, 0.2) is 24.3 Å². The van der Waals surface area contributed by atoms with E-state index >= 15 is 0 Å². The Morgan fingerprint density at radius 1 is 1.28 bits per heavy atom. The predicted molar refractivity (Wildman–Crippen MR) is 76.0 cm³/mol. The van der Waals surface area contributed by atoms with E-state index in [1.165, 1.54) is 0 Å². The summed E-state index contributed by atoms with van der Waals surface area (Å²) in [5.41, 5.74) is 7.46. The second kappa shape index (κ2) is 6.40. The Kier molecular flexibility index (Phi) is 5.16. The average molecular weight is 249 g/mol. The van der Waals surface area contributed by atoms with Gasteiger partial charge in [-0.3, -0.25) is 4.79 Å². The van der Waals surface area contributed by atoms with E-state index in [2.05, 4.69) is 5.32 Å². The number of nitrogens with one attached hydrogen (secondary N) is 1. The number of hydrogen-bond acceptors (Lipinski definition) is 3. The lowest BCUT2D eigenvalue weighted by Gasteiger charge is -2.16. The first-order valence-electron chi connectivity index (χ1n) is 6.24. The third-order valence-electron chi connectivity index (χ3n) is 2.75. The van der Waals surface area contributed by atoms with E-state index in [0.29, 0.717) is 5.56 Å². The molecule has 2 atom stereocenters. The summed E-state index contributed by atoms with van der Waals surface area (Å²) >= 11 is 0. The van der Waals surface area contributed by atoms with E-state index < -0.39 is 0 Å². The minimum absolute atomic E-state index is 0.0477. The Morgan fingerprint density at radius 2 is 1.83 bits per heavy atom. The zero-order valence-corrected chi connectivity index (χ0v) is 11.6. The molecule has 1 amide bonds. The highest BCUT2D eigenvalue weighted by atomic mass is 16.1. The lowest BCUT2D eigenvalue weighted by molar-refractivity contribution is 0.0937. The van der Waals surface area contributed by atoms with Crippen LogP contribution >= 0.6 is 0 Å². The van der Waals surface area contributed by atoms with Gasteiger partial charge in [-0.25, -0.2) is 0 Å². The maximum absolute atomic E-state index is 12.0. The van der Waals surface area contributed by atoms with Crippen molar-refractivity contribution in [1.82, 2.24) is 5.32 Å². The van der Waals surface area contributed by atoms with Gasteiger partial charge in [-0.15, -0.1) is 0 Å². The third-order valence-corrected chi connectivity index (χ3v) is 2.75. The SMILES string of the molecule is CC(N)CC(C)NC(=O)c1ccc(N(C)C)cc1. The van der Waals surface area contributed by atoms with Crippen molar-refractivity contribution in [3.8, 4) is 0 Å². The van der Waals surface area contributed by atoms with Crippen molar-refractivity contribution in [2.24, 2.45) is 5.73 Å². The number of carbonyl (C=O) groups excluding carboxylic acids is 1. The molecule has 0 saturated heterocycles. The second-order valence-electron chi connectivity index (χ2n) is 5.03. The molecule has 18 heavy (non-hydrogen) atoms. The highest BCUT2D eigenvalue weighted by Crippen LogP contribution is 2.12. The van der Waals surface area contributed by atoms with Gasteiger partial charge >= 0.3 is 0 Å². The molecule has 0 aromatic heterocycles. The van der Waals surface area contributed by atoms with Crippen LogP contribution in [0.4, 0.5) is 5.69 Å². The van der Waals surface area contributed by atoms with Gasteiger partial charge in [0.05, 0.1) is 0 Å².